The van der Waals surface area contributed by atoms with Crippen LogP contribution in [0.15, 0.2) is 34.7 Å². The second-order valence-corrected chi connectivity index (χ2v) is 7.23. The van der Waals surface area contributed by atoms with E-state index in [0.717, 1.165) is 43.6 Å². The van der Waals surface area contributed by atoms with Crippen LogP contribution in [0.2, 0.25) is 0 Å². The van der Waals surface area contributed by atoms with Crippen LogP contribution in [-0.4, -0.2) is 20.6 Å². The highest BCUT2D eigenvalue weighted by molar-refractivity contribution is 7.90. The Kier molecular flexibility index (Phi) is 4.77. The minimum atomic E-state index is -3.60. The molecular weight excluding hydrogens is 293 g/mol. The molecule has 0 atom stereocenters. The van der Waals surface area contributed by atoms with Crippen LogP contribution >= 0.6 is 0 Å². The Balaban J connectivity index is 2.04. The summed E-state index contributed by atoms with van der Waals surface area (Å²) in [5.74, 6) is -1.07. The summed E-state index contributed by atoms with van der Waals surface area (Å²) in [4.78, 5) is 11.5. The number of amides is 1. The second-order valence-electron chi connectivity index (χ2n) is 5.25. The van der Waals surface area contributed by atoms with Crippen LogP contribution in [0.3, 0.4) is 0 Å². The topological polar surface area (TPSA) is 63.2 Å². The Morgan fingerprint density at radius 1 is 1.33 bits per heavy atom. The number of rotatable bonds is 4. The molecule has 2 rings (SSSR count). The van der Waals surface area contributed by atoms with Gasteiger partial charge in [-0.2, -0.15) is 0 Å². The van der Waals surface area contributed by atoms with Crippen molar-refractivity contribution >= 4 is 21.4 Å². The third-order valence-electron chi connectivity index (χ3n) is 3.39. The molecule has 1 amide bonds. The van der Waals surface area contributed by atoms with Gasteiger partial charge in [0.15, 0.2) is 9.84 Å². The maximum Gasteiger partial charge on any atom is 0.228 e. The molecule has 1 aliphatic rings. The molecule has 0 heterocycles. The monoisotopic (exact) mass is 311 g/mol. The first-order valence-electron chi connectivity index (χ1n) is 6.83. The predicted molar refractivity (Wildman–Crippen MR) is 79.3 cm³/mol. The zero-order chi connectivity index (χ0) is 15.5. The lowest BCUT2D eigenvalue weighted by Crippen LogP contribution is -2.13. The molecule has 21 heavy (non-hydrogen) atoms. The molecule has 1 aliphatic carbocycles. The maximum absolute atomic E-state index is 13.7. The van der Waals surface area contributed by atoms with E-state index in [1.54, 1.807) is 0 Å². The first-order valence-corrected chi connectivity index (χ1v) is 8.73. The maximum atomic E-state index is 13.7. The Bertz CT molecular complexity index is 680. The highest BCUT2D eigenvalue weighted by Crippen LogP contribution is 2.22. The van der Waals surface area contributed by atoms with Crippen molar-refractivity contribution < 1.29 is 17.6 Å². The Labute approximate surface area is 124 Å². The van der Waals surface area contributed by atoms with E-state index in [2.05, 4.69) is 11.4 Å². The number of hydrogen-bond acceptors (Lipinski definition) is 3. The van der Waals surface area contributed by atoms with E-state index in [1.807, 2.05) is 0 Å². The number of hydrogen-bond donors (Lipinski definition) is 1. The van der Waals surface area contributed by atoms with Crippen molar-refractivity contribution in [2.45, 2.75) is 37.0 Å². The van der Waals surface area contributed by atoms with Gasteiger partial charge in [-0.25, -0.2) is 12.8 Å². The number of carbonyl (C=O) groups is 1. The third-order valence-corrected chi connectivity index (χ3v) is 4.52. The molecular formula is C15H18FNO3S. The minimum absolute atomic E-state index is 0.213. The number of sulfone groups is 1. The fourth-order valence-electron chi connectivity index (χ4n) is 2.36. The molecule has 1 N–H and O–H groups in total. The van der Waals surface area contributed by atoms with Gasteiger partial charge in [-0.15, -0.1) is 0 Å². The van der Waals surface area contributed by atoms with Crippen molar-refractivity contribution in [3.05, 3.63) is 35.7 Å². The second kappa shape index (κ2) is 6.39. The Morgan fingerprint density at radius 2 is 2.10 bits per heavy atom. The van der Waals surface area contributed by atoms with Crippen LogP contribution in [0, 0.1) is 5.82 Å². The first-order chi connectivity index (χ1) is 9.86. The van der Waals surface area contributed by atoms with Crippen LogP contribution in [0.5, 0.6) is 0 Å². The van der Waals surface area contributed by atoms with Gasteiger partial charge in [-0.3, -0.25) is 4.79 Å². The van der Waals surface area contributed by atoms with Crippen molar-refractivity contribution in [3.8, 4) is 0 Å². The summed E-state index contributed by atoms with van der Waals surface area (Å²) in [5, 5.41) is 2.59. The van der Waals surface area contributed by atoms with Crippen molar-refractivity contribution in [1.29, 1.82) is 0 Å². The van der Waals surface area contributed by atoms with Crippen LogP contribution < -0.4 is 5.32 Å². The van der Waals surface area contributed by atoms with Crippen LogP contribution in [-0.2, 0) is 14.6 Å². The molecule has 0 aliphatic heterocycles. The number of carbonyl (C=O) groups excluding carboxylic acids is 1. The van der Waals surface area contributed by atoms with E-state index in [1.165, 1.54) is 12.1 Å². The number of nitrogens with one attached hydrogen (secondary N) is 1. The van der Waals surface area contributed by atoms with Gasteiger partial charge in [0.1, 0.15) is 10.7 Å². The summed E-state index contributed by atoms with van der Waals surface area (Å²) in [6, 6.07) is 3.59. The van der Waals surface area contributed by atoms with Crippen molar-refractivity contribution in [3.63, 3.8) is 0 Å². The fraction of sp³-hybridized carbons (Fsp3) is 0.400. The summed E-state index contributed by atoms with van der Waals surface area (Å²) in [6.45, 7) is 0. The van der Waals surface area contributed by atoms with E-state index in [-0.39, 0.29) is 16.5 Å². The quantitative estimate of drug-likeness (QED) is 0.869. The molecule has 4 nitrogen and oxygen atoms in total. The van der Waals surface area contributed by atoms with Crippen LogP contribution in [0.1, 0.15) is 32.1 Å². The lowest BCUT2D eigenvalue weighted by atomic mass is 9.97. The molecule has 6 heteroatoms. The predicted octanol–water partition coefficient (Wildman–Crippen LogP) is 3.06. The molecule has 0 bridgehead atoms. The molecule has 114 valence electrons. The van der Waals surface area contributed by atoms with Gasteiger partial charge < -0.3 is 5.32 Å². The van der Waals surface area contributed by atoms with Gasteiger partial charge in [-0.1, -0.05) is 11.6 Å². The first kappa shape index (κ1) is 15.7. The van der Waals surface area contributed by atoms with E-state index >= 15 is 0 Å². The van der Waals surface area contributed by atoms with Crippen molar-refractivity contribution in [2.75, 3.05) is 11.6 Å². The largest absolute Gasteiger partial charge is 0.326 e. The standard InChI is InChI=1S/C15H18FNO3S/c1-21(19,20)14-8-7-12(10-13(14)16)17-15(18)9-11-5-3-2-4-6-11/h5,7-8,10H,2-4,6,9H2,1H3,(H,17,18). The van der Waals surface area contributed by atoms with E-state index < -0.39 is 15.7 Å². The lowest BCUT2D eigenvalue weighted by molar-refractivity contribution is -0.115. The third kappa shape index (κ3) is 4.39. The molecule has 0 saturated heterocycles. The number of benzene rings is 1. The van der Waals surface area contributed by atoms with Gasteiger partial charge >= 0.3 is 0 Å². The highest BCUT2D eigenvalue weighted by Gasteiger charge is 2.15. The summed E-state index contributed by atoms with van der Waals surface area (Å²) in [7, 11) is -3.60. The molecule has 0 radical (unpaired) electrons. The lowest BCUT2D eigenvalue weighted by Gasteiger charge is -2.12. The number of allylic oxidation sites excluding steroid dienone is 1. The Hall–Kier alpha value is -1.69. The molecule has 0 spiro atoms. The number of anilines is 1. The zero-order valence-corrected chi connectivity index (χ0v) is 12.7. The SMILES string of the molecule is CS(=O)(=O)c1ccc(NC(=O)CC2=CCCCC2)cc1F. The van der Waals surface area contributed by atoms with Crippen LogP contribution in [0.4, 0.5) is 10.1 Å². The summed E-state index contributed by atoms with van der Waals surface area (Å²) in [6.07, 6.45) is 7.50. The van der Waals surface area contributed by atoms with Gasteiger partial charge in [-0.05, 0) is 43.9 Å². The summed E-state index contributed by atoms with van der Waals surface area (Å²) < 4.78 is 36.3. The van der Waals surface area contributed by atoms with Gasteiger partial charge in [0.2, 0.25) is 5.91 Å². The van der Waals surface area contributed by atoms with E-state index in [0.29, 0.717) is 6.42 Å². The smallest absolute Gasteiger partial charge is 0.228 e. The number of halogens is 1. The minimum Gasteiger partial charge on any atom is -0.326 e. The van der Waals surface area contributed by atoms with Gasteiger partial charge in [0.25, 0.3) is 0 Å². The van der Waals surface area contributed by atoms with E-state index in [4.69, 9.17) is 0 Å². The van der Waals surface area contributed by atoms with Crippen molar-refractivity contribution in [2.24, 2.45) is 0 Å². The van der Waals surface area contributed by atoms with Gasteiger partial charge in [0.05, 0.1) is 0 Å². The molecule has 0 saturated carbocycles. The van der Waals surface area contributed by atoms with Gasteiger partial charge in [0, 0.05) is 18.4 Å². The molecule has 0 unspecified atom stereocenters. The summed E-state index contributed by atoms with van der Waals surface area (Å²) in [5.41, 5.74) is 1.37. The van der Waals surface area contributed by atoms with Crippen LogP contribution in [0.25, 0.3) is 0 Å². The normalized spacial score (nSPS) is 15.4. The summed E-state index contributed by atoms with van der Waals surface area (Å²) >= 11 is 0. The fourth-order valence-corrected chi connectivity index (χ4v) is 3.08. The molecule has 0 fully saturated rings. The highest BCUT2D eigenvalue weighted by atomic mass is 32.2. The Morgan fingerprint density at radius 3 is 2.67 bits per heavy atom. The average molecular weight is 311 g/mol. The van der Waals surface area contributed by atoms with E-state index in [9.17, 15) is 17.6 Å². The molecule has 0 aromatic heterocycles. The zero-order valence-electron chi connectivity index (χ0n) is 11.9. The molecule has 1 aromatic rings. The average Bonchev–Trinajstić information content (AvgIpc) is 2.38. The molecule has 1 aromatic carbocycles. The van der Waals surface area contributed by atoms with Crippen molar-refractivity contribution in [1.82, 2.24) is 0 Å².